The molecule has 3 aliphatic rings. The van der Waals surface area contributed by atoms with Crippen molar-refractivity contribution < 1.29 is 19.1 Å². The van der Waals surface area contributed by atoms with E-state index in [-0.39, 0.29) is 24.5 Å². The Hall–Kier alpha value is -3.43. The van der Waals surface area contributed by atoms with Crippen molar-refractivity contribution in [2.24, 2.45) is 0 Å². The number of nitrogens with one attached hydrogen (secondary N) is 1. The minimum absolute atomic E-state index is 0.151. The van der Waals surface area contributed by atoms with Crippen LogP contribution in [0.15, 0.2) is 42.5 Å². The monoisotopic (exact) mass is 504 g/mol. The number of carbonyl (C=O) groups is 2. The molecule has 8 nitrogen and oxygen atoms in total. The molecule has 186 valence electrons. The molecular formula is C27H28N4O4S. The van der Waals surface area contributed by atoms with E-state index in [4.69, 9.17) is 9.47 Å². The van der Waals surface area contributed by atoms with Crippen molar-refractivity contribution in [3.05, 3.63) is 69.7 Å². The van der Waals surface area contributed by atoms with Crippen molar-refractivity contribution in [1.29, 1.82) is 0 Å². The zero-order valence-corrected chi connectivity index (χ0v) is 21.0. The fourth-order valence-electron chi connectivity index (χ4n) is 5.04. The highest BCUT2D eigenvalue weighted by Crippen LogP contribution is 2.39. The van der Waals surface area contributed by atoms with E-state index in [0.717, 1.165) is 60.1 Å². The van der Waals surface area contributed by atoms with Gasteiger partial charge < -0.3 is 14.4 Å². The molecule has 1 unspecified atom stereocenters. The average molecular weight is 505 g/mol. The van der Waals surface area contributed by atoms with Gasteiger partial charge in [0.25, 0.3) is 5.91 Å². The summed E-state index contributed by atoms with van der Waals surface area (Å²) in [5.74, 6) is 1.35. The van der Waals surface area contributed by atoms with Crippen LogP contribution in [0.3, 0.4) is 0 Å². The second-order valence-corrected chi connectivity index (χ2v) is 10.6. The van der Waals surface area contributed by atoms with Crippen LogP contribution < -0.4 is 14.8 Å². The number of hydrogen-bond acceptors (Lipinski definition) is 7. The third-order valence-corrected chi connectivity index (χ3v) is 8.12. The number of aryl methyl sites for hydroxylation is 2. The molecule has 0 saturated carbocycles. The van der Waals surface area contributed by atoms with Gasteiger partial charge in [0.05, 0.1) is 11.6 Å². The lowest BCUT2D eigenvalue weighted by Gasteiger charge is -2.36. The third kappa shape index (κ3) is 4.56. The number of hydrogen-bond donors (Lipinski definition) is 1. The standard InChI is InChI=1S/C27H28N4O4S/c1-17-2-5-19(6-3-17)25(32)29-27-28-24-20(7-9-23(24)36-27)26(33)31-12-10-30(11-13-31)15-18-4-8-21-22(14-18)35-16-34-21/h2-6,8,14,20H,7,9-13,15-16H2,1H3,(H,28,29,32). The maximum absolute atomic E-state index is 13.4. The number of nitrogens with zero attached hydrogens (tertiary/aromatic N) is 3. The number of aromatic nitrogens is 1. The van der Waals surface area contributed by atoms with Gasteiger partial charge in [-0.15, -0.1) is 11.3 Å². The van der Waals surface area contributed by atoms with E-state index in [0.29, 0.717) is 23.8 Å². The molecule has 0 radical (unpaired) electrons. The van der Waals surface area contributed by atoms with Crippen LogP contribution in [0.25, 0.3) is 0 Å². The number of piperazine rings is 1. The third-order valence-electron chi connectivity index (χ3n) is 7.08. The first kappa shape index (κ1) is 23.0. The van der Waals surface area contributed by atoms with E-state index in [1.54, 1.807) is 0 Å². The summed E-state index contributed by atoms with van der Waals surface area (Å²) >= 11 is 1.48. The largest absolute Gasteiger partial charge is 0.454 e. The van der Waals surface area contributed by atoms with Crippen molar-refractivity contribution in [3.63, 3.8) is 0 Å². The zero-order valence-electron chi connectivity index (χ0n) is 20.2. The highest BCUT2D eigenvalue weighted by atomic mass is 32.1. The van der Waals surface area contributed by atoms with Crippen LogP contribution in [0.5, 0.6) is 11.5 Å². The molecule has 1 atom stereocenters. The van der Waals surface area contributed by atoms with E-state index < -0.39 is 0 Å². The number of ether oxygens (including phenoxy) is 2. The summed E-state index contributed by atoms with van der Waals surface area (Å²) in [6.07, 6.45) is 1.62. The predicted molar refractivity (Wildman–Crippen MR) is 137 cm³/mol. The molecule has 3 heterocycles. The van der Waals surface area contributed by atoms with Crippen LogP contribution in [-0.4, -0.2) is 59.6 Å². The van der Waals surface area contributed by atoms with Crippen LogP contribution in [-0.2, 0) is 17.8 Å². The number of thiazole rings is 1. The number of fused-ring (bicyclic) bond motifs is 2. The maximum atomic E-state index is 13.4. The molecule has 0 spiro atoms. The van der Waals surface area contributed by atoms with Crippen LogP contribution in [0.4, 0.5) is 5.13 Å². The lowest BCUT2D eigenvalue weighted by Crippen LogP contribution is -2.49. The summed E-state index contributed by atoms with van der Waals surface area (Å²) in [6, 6.07) is 13.5. The molecule has 3 aromatic rings. The molecule has 1 saturated heterocycles. The number of rotatable bonds is 5. The summed E-state index contributed by atoms with van der Waals surface area (Å²) in [5, 5.41) is 3.48. The minimum atomic E-state index is -0.221. The first-order chi connectivity index (χ1) is 17.5. The van der Waals surface area contributed by atoms with Gasteiger partial charge in [-0.1, -0.05) is 23.8 Å². The number of anilines is 1. The molecule has 2 aliphatic heterocycles. The van der Waals surface area contributed by atoms with Crippen molar-refractivity contribution in [3.8, 4) is 11.5 Å². The fourth-order valence-corrected chi connectivity index (χ4v) is 6.07. The van der Waals surface area contributed by atoms with Crippen LogP contribution in [0, 0.1) is 6.92 Å². The maximum Gasteiger partial charge on any atom is 0.257 e. The Balaban J connectivity index is 1.05. The molecule has 1 fully saturated rings. The number of carbonyl (C=O) groups excluding carboxylic acids is 2. The second-order valence-electron chi connectivity index (χ2n) is 9.53. The van der Waals surface area contributed by atoms with Gasteiger partial charge in [-0.2, -0.15) is 0 Å². The van der Waals surface area contributed by atoms with Crippen LogP contribution >= 0.6 is 11.3 Å². The highest BCUT2D eigenvalue weighted by Gasteiger charge is 2.36. The summed E-state index contributed by atoms with van der Waals surface area (Å²) < 4.78 is 10.9. The molecule has 2 amide bonds. The van der Waals surface area contributed by atoms with Gasteiger partial charge in [0.1, 0.15) is 0 Å². The quantitative estimate of drug-likeness (QED) is 0.569. The van der Waals surface area contributed by atoms with Crippen LogP contribution in [0.1, 0.15) is 44.4 Å². The highest BCUT2D eigenvalue weighted by molar-refractivity contribution is 7.16. The van der Waals surface area contributed by atoms with E-state index in [1.807, 2.05) is 48.2 Å². The Morgan fingerprint density at radius 3 is 2.64 bits per heavy atom. The molecule has 0 bridgehead atoms. The molecule has 1 aromatic heterocycles. The molecule has 9 heteroatoms. The van der Waals surface area contributed by atoms with Crippen LogP contribution in [0.2, 0.25) is 0 Å². The Labute approximate surface area is 213 Å². The second kappa shape index (κ2) is 9.55. The summed E-state index contributed by atoms with van der Waals surface area (Å²) in [4.78, 5) is 36.1. The average Bonchev–Trinajstić information content (AvgIpc) is 3.60. The first-order valence-electron chi connectivity index (χ1n) is 12.3. The Kier molecular flexibility index (Phi) is 6.10. The van der Waals surface area contributed by atoms with Crippen molar-refractivity contribution in [2.75, 3.05) is 38.3 Å². The van der Waals surface area contributed by atoms with Gasteiger partial charge in [0.2, 0.25) is 12.7 Å². The predicted octanol–water partition coefficient (Wildman–Crippen LogP) is 3.81. The summed E-state index contributed by atoms with van der Waals surface area (Å²) in [6.45, 7) is 6.16. The molecule has 2 aromatic carbocycles. The topological polar surface area (TPSA) is 84.0 Å². The van der Waals surface area contributed by atoms with Crippen molar-refractivity contribution in [2.45, 2.75) is 32.2 Å². The van der Waals surface area contributed by atoms with Gasteiger partial charge in [0.15, 0.2) is 16.6 Å². The van der Waals surface area contributed by atoms with Gasteiger partial charge in [-0.25, -0.2) is 4.98 Å². The van der Waals surface area contributed by atoms with Crippen molar-refractivity contribution in [1.82, 2.24) is 14.8 Å². The normalized spacial score (nSPS) is 18.8. The van der Waals surface area contributed by atoms with Crippen molar-refractivity contribution >= 4 is 28.3 Å². The minimum Gasteiger partial charge on any atom is -0.454 e. The lowest BCUT2D eigenvalue weighted by atomic mass is 10.0. The van der Waals surface area contributed by atoms with Gasteiger partial charge in [0, 0.05) is 43.2 Å². The van der Waals surface area contributed by atoms with E-state index >= 15 is 0 Å². The molecule has 1 N–H and O–H groups in total. The van der Waals surface area contributed by atoms with Gasteiger partial charge in [-0.05, 0) is 49.6 Å². The zero-order chi connectivity index (χ0) is 24.6. The Morgan fingerprint density at radius 2 is 1.83 bits per heavy atom. The fraction of sp³-hybridized carbons (Fsp3) is 0.370. The van der Waals surface area contributed by atoms with Gasteiger partial charge in [-0.3, -0.25) is 19.8 Å². The summed E-state index contributed by atoms with van der Waals surface area (Å²) in [5.41, 5.74) is 3.73. The SMILES string of the molecule is Cc1ccc(C(=O)Nc2nc3c(s2)CCC3C(=O)N2CCN(Cc3ccc4c(c3)OCO4)CC2)cc1. The number of amides is 2. The van der Waals surface area contributed by atoms with E-state index in [1.165, 1.54) is 16.9 Å². The summed E-state index contributed by atoms with van der Waals surface area (Å²) in [7, 11) is 0. The smallest absolute Gasteiger partial charge is 0.257 e. The van der Waals surface area contributed by atoms with E-state index in [9.17, 15) is 9.59 Å². The lowest BCUT2D eigenvalue weighted by molar-refractivity contribution is -0.134. The molecule has 6 rings (SSSR count). The van der Waals surface area contributed by atoms with Gasteiger partial charge >= 0.3 is 0 Å². The number of benzene rings is 2. The first-order valence-corrected chi connectivity index (χ1v) is 13.1. The molecule has 36 heavy (non-hydrogen) atoms. The Bertz CT molecular complexity index is 1300. The van der Waals surface area contributed by atoms with E-state index in [2.05, 4.69) is 21.3 Å². The molecular weight excluding hydrogens is 476 g/mol. The molecule has 1 aliphatic carbocycles. The Morgan fingerprint density at radius 1 is 1.06 bits per heavy atom.